The minimum Gasteiger partial charge on any atom is -0.315 e. The van der Waals surface area contributed by atoms with E-state index in [-0.39, 0.29) is 6.04 Å². The van der Waals surface area contributed by atoms with E-state index in [0.717, 1.165) is 19.4 Å². The Morgan fingerprint density at radius 2 is 2.31 bits per heavy atom. The van der Waals surface area contributed by atoms with Gasteiger partial charge < -0.3 is 5.32 Å². The van der Waals surface area contributed by atoms with Crippen LogP contribution in [0.4, 0.5) is 0 Å². The summed E-state index contributed by atoms with van der Waals surface area (Å²) < 4.78 is 25.5. The fraction of sp³-hybridized carbons (Fsp3) is 0.900. The lowest BCUT2D eigenvalue weighted by atomic mass is 10.1. The Bertz CT molecular complexity index is 355. The van der Waals surface area contributed by atoms with Crippen LogP contribution < -0.4 is 5.32 Å². The maximum Gasteiger partial charge on any atom is 0.230 e. The fourth-order valence-corrected chi connectivity index (χ4v) is 3.47. The van der Waals surface area contributed by atoms with Crippen molar-refractivity contribution < 1.29 is 8.42 Å². The second kappa shape index (κ2) is 5.62. The van der Waals surface area contributed by atoms with E-state index >= 15 is 0 Å². The average molecular weight is 245 g/mol. The molecule has 6 heteroatoms. The topological polar surface area (TPSA) is 73.2 Å². The fourth-order valence-electron chi connectivity index (χ4n) is 1.92. The normalized spacial score (nSPS) is 24.0. The van der Waals surface area contributed by atoms with Gasteiger partial charge in [0, 0.05) is 19.6 Å². The number of rotatable bonds is 4. The van der Waals surface area contributed by atoms with Crippen LogP contribution in [0.25, 0.3) is 0 Å². The van der Waals surface area contributed by atoms with Crippen LogP contribution in [0.5, 0.6) is 0 Å². The smallest absolute Gasteiger partial charge is 0.230 e. The summed E-state index contributed by atoms with van der Waals surface area (Å²) in [5.74, 6) is 0. The number of sulfonamides is 1. The highest BCUT2D eigenvalue weighted by Gasteiger charge is 2.33. The number of hydrogen-bond acceptors (Lipinski definition) is 4. The van der Waals surface area contributed by atoms with Crippen LogP contribution in [-0.4, -0.2) is 44.2 Å². The molecule has 0 aromatic carbocycles. The van der Waals surface area contributed by atoms with E-state index in [9.17, 15) is 8.42 Å². The van der Waals surface area contributed by atoms with E-state index < -0.39 is 15.3 Å². The number of likely N-dealkylation sites (N-methyl/N-ethyl adjacent to an activating group) is 1. The largest absolute Gasteiger partial charge is 0.315 e. The summed E-state index contributed by atoms with van der Waals surface area (Å²) in [5.41, 5.74) is 0. The standard InChI is InChI=1S/C10H19N3O2S/c1-3-10(7-11)16(14,15)13(2)9-5-4-6-12-8-9/h9-10,12H,3-6,8H2,1-2H3. The summed E-state index contributed by atoms with van der Waals surface area (Å²) in [5, 5.41) is 11.1. The van der Waals surface area contributed by atoms with Gasteiger partial charge in [-0.2, -0.15) is 9.57 Å². The van der Waals surface area contributed by atoms with Gasteiger partial charge in [0.1, 0.15) is 0 Å². The van der Waals surface area contributed by atoms with E-state index in [2.05, 4.69) is 5.32 Å². The second-order valence-electron chi connectivity index (χ2n) is 4.09. The molecule has 5 nitrogen and oxygen atoms in total. The maximum absolute atomic E-state index is 12.1. The highest BCUT2D eigenvalue weighted by Crippen LogP contribution is 2.17. The molecule has 0 bridgehead atoms. The van der Waals surface area contributed by atoms with Crippen molar-refractivity contribution in [3.8, 4) is 6.07 Å². The van der Waals surface area contributed by atoms with E-state index in [4.69, 9.17) is 5.26 Å². The molecule has 0 amide bonds. The number of nitrogens with zero attached hydrogens (tertiary/aromatic N) is 2. The zero-order valence-electron chi connectivity index (χ0n) is 9.81. The monoisotopic (exact) mass is 245 g/mol. The quantitative estimate of drug-likeness (QED) is 0.773. The Morgan fingerprint density at radius 1 is 1.62 bits per heavy atom. The van der Waals surface area contributed by atoms with Crippen LogP contribution in [0.3, 0.4) is 0 Å². The third-order valence-corrected chi connectivity index (χ3v) is 5.32. The molecule has 0 aromatic heterocycles. The van der Waals surface area contributed by atoms with Crippen molar-refractivity contribution in [2.45, 2.75) is 37.5 Å². The van der Waals surface area contributed by atoms with Crippen molar-refractivity contribution in [3.63, 3.8) is 0 Å². The van der Waals surface area contributed by atoms with Crippen LogP contribution in [0.1, 0.15) is 26.2 Å². The molecule has 16 heavy (non-hydrogen) atoms. The first-order chi connectivity index (χ1) is 7.54. The van der Waals surface area contributed by atoms with Crippen LogP contribution in [0, 0.1) is 11.3 Å². The van der Waals surface area contributed by atoms with Gasteiger partial charge in [0.15, 0.2) is 5.25 Å². The van der Waals surface area contributed by atoms with Gasteiger partial charge in [0.25, 0.3) is 0 Å². The van der Waals surface area contributed by atoms with E-state index in [1.54, 1.807) is 14.0 Å². The second-order valence-corrected chi connectivity index (χ2v) is 6.26. The molecule has 2 unspecified atom stereocenters. The van der Waals surface area contributed by atoms with Gasteiger partial charge in [-0.3, -0.25) is 0 Å². The van der Waals surface area contributed by atoms with Gasteiger partial charge in [-0.25, -0.2) is 8.42 Å². The highest BCUT2D eigenvalue weighted by molar-refractivity contribution is 7.90. The summed E-state index contributed by atoms with van der Waals surface area (Å²) in [6.07, 6.45) is 2.18. The molecule has 0 saturated carbocycles. The van der Waals surface area contributed by atoms with Gasteiger partial charge in [-0.1, -0.05) is 6.92 Å². The maximum atomic E-state index is 12.1. The Kier molecular flexibility index (Phi) is 4.71. The summed E-state index contributed by atoms with van der Waals surface area (Å²) >= 11 is 0. The van der Waals surface area contributed by atoms with Gasteiger partial charge in [0.2, 0.25) is 10.0 Å². The van der Waals surface area contributed by atoms with E-state index in [0.29, 0.717) is 13.0 Å². The van der Waals surface area contributed by atoms with Crippen molar-refractivity contribution in [1.82, 2.24) is 9.62 Å². The predicted octanol–water partition coefficient (Wildman–Crippen LogP) is 0.302. The Balaban J connectivity index is 2.78. The Hall–Kier alpha value is -0.640. The molecule has 92 valence electrons. The van der Waals surface area contributed by atoms with E-state index in [1.807, 2.05) is 6.07 Å². The van der Waals surface area contributed by atoms with Crippen molar-refractivity contribution in [3.05, 3.63) is 0 Å². The molecule has 1 aliphatic heterocycles. The molecule has 1 saturated heterocycles. The number of piperidine rings is 1. The average Bonchev–Trinajstić information content (AvgIpc) is 2.30. The van der Waals surface area contributed by atoms with Gasteiger partial charge >= 0.3 is 0 Å². The van der Waals surface area contributed by atoms with Crippen LogP contribution >= 0.6 is 0 Å². The summed E-state index contributed by atoms with van der Waals surface area (Å²) in [6.45, 7) is 3.34. The summed E-state index contributed by atoms with van der Waals surface area (Å²) in [6, 6.07) is 1.85. The highest BCUT2D eigenvalue weighted by atomic mass is 32.2. The summed E-state index contributed by atoms with van der Waals surface area (Å²) in [7, 11) is -1.89. The minimum atomic E-state index is -3.47. The number of nitriles is 1. The molecule has 0 radical (unpaired) electrons. The van der Waals surface area contributed by atoms with Gasteiger partial charge in [0.05, 0.1) is 6.07 Å². The molecule has 1 N–H and O–H groups in total. The molecule has 0 aromatic rings. The van der Waals surface area contributed by atoms with Crippen LogP contribution in [-0.2, 0) is 10.0 Å². The SMILES string of the molecule is CCC(C#N)S(=O)(=O)N(C)C1CCCNC1. The lowest BCUT2D eigenvalue weighted by molar-refractivity contribution is 0.298. The Labute approximate surface area is 97.5 Å². The summed E-state index contributed by atoms with van der Waals surface area (Å²) in [4.78, 5) is 0. The molecule has 2 atom stereocenters. The first-order valence-corrected chi connectivity index (χ1v) is 7.11. The third-order valence-electron chi connectivity index (χ3n) is 3.06. The van der Waals surface area contributed by atoms with Crippen LogP contribution in [0.2, 0.25) is 0 Å². The van der Waals surface area contributed by atoms with Crippen molar-refractivity contribution in [2.75, 3.05) is 20.1 Å². The Morgan fingerprint density at radius 3 is 2.75 bits per heavy atom. The van der Waals surface area contributed by atoms with Gasteiger partial charge in [-0.15, -0.1) is 0 Å². The number of nitrogens with one attached hydrogen (secondary N) is 1. The lowest BCUT2D eigenvalue weighted by Gasteiger charge is -2.31. The first kappa shape index (κ1) is 13.4. The predicted molar refractivity (Wildman–Crippen MR) is 62.3 cm³/mol. The first-order valence-electron chi connectivity index (χ1n) is 5.61. The van der Waals surface area contributed by atoms with Crippen molar-refractivity contribution >= 4 is 10.0 Å². The molecule has 1 fully saturated rings. The van der Waals surface area contributed by atoms with Crippen molar-refractivity contribution in [2.24, 2.45) is 0 Å². The zero-order chi connectivity index (χ0) is 12.2. The molecular formula is C10H19N3O2S. The molecule has 1 heterocycles. The molecule has 1 aliphatic rings. The molecule has 1 rings (SSSR count). The molecule has 0 spiro atoms. The third kappa shape index (κ3) is 2.73. The minimum absolute atomic E-state index is 0.0128. The van der Waals surface area contributed by atoms with Gasteiger partial charge in [-0.05, 0) is 25.8 Å². The molecule has 0 aliphatic carbocycles. The zero-order valence-corrected chi connectivity index (χ0v) is 10.6. The van der Waals surface area contributed by atoms with Crippen molar-refractivity contribution in [1.29, 1.82) is 5.26 Å². The molecular weight excluding hydrogens is 226 g/mol. The lowest BCUT2D eigenvalue weighted by Crippen LogP contribution is -2.49. The number of hydrogen-bond donors (Lipinski definition) is 1. The van der Waals surface area contributed by atoms with E-state index in [1.165, 1.54) is 4.31 Å². The van der Waals surface area contributed by atoms with Crippen LogP contribution in [0.15, 0.2) is 0 Å².